The molecule has 2 aromatic rings. The number of rotatable bonds is 3. The highest BCUT2D eigenvalue weighted by Gasteiger charge is 2.23. The first-order valence-corrected chi connectivity index (χ1v) is 7.44. The van der Waals surface area contributed by atoms with Crippen LogP contribution >= 0.6 is 34.8 Å². The molecule has 112 valence electrons. The Morgan fingerprint density at radius 3 is 2.48 bits per heavy atom. The topological polar surface area (TPSA) is 27.1 Å². The monoisotopic (exact) mass is 344 g/mol. The highest BCUT2D eigenvalue weighted by atomic mass is 35.5. The summed E-state index contributed by atoms with van der Waals surface area (Å²) in [4.78, 5) is 4.02. The van der Waals surface area contributed by atoms with Gasteiger partial charge in [0.15, 0.2) is 0 Å². The van der Waals surface area contributed by atoms with Crippen molar-refractivity contribution in [3.8, 4) is 5.75 Å². The van der Waals surface area contributed by atoms with Crippen LogP contribution in [0.2, 0.25) is 10.0 Å². The Balaban J connectivity index is 2.47. The molecule has 0 saturated carbocycles. The molecule has 1 aromatic carbocycles. The van der Waals surface area contributed by atoms with E-state index in [1.165, 1.54) is 0 Å². The van der Waals surface area contributed by atoms with E-state index in [-0.39, 0.29) is 5.41 Å². The molecule has 0 unspecified atom stereocenters. The van der Waals surface area contributed by atoms with Crippen LogP contribution in [-0.4, -0.2) is 9.55 Å². The minimum atomic E-state index is -0.278. The molecule has 0 aliphatic rings. The van der Waals surface area contributed by atoms with Gasteiger partial charge in [-0.05, 0) is 18.2 Å². The fourth-order valence-corrected chi connectivity index (χ4v) is 2.16. The Hall–Kier alpha value is -1.16. The molecule has 0 aliphatic heterocycles. The zero-order chi connectivity index (χ0) is 15.6. The summed E-state index contributed by atoms with van der Waals surface area (Å²) in [5.74, 6) is 0.943. The molecule has 0 atom stereocenters. The van der Waals surface area contributed by atoms with Gasteiger partial charge in [0.25, 0.3) is 0 Å². The van der Waals surface area contributed by atoms with Crippen LogP contribution in [0.3, 0.4) is 0 Å². The van der Waals surface area contributed by atoms with Crippen LogP contribution in [0, 0.1) is 5.41 Å². The van der Waals surface area contributed by atoms with E-state index in [2.05, 4.69) is 4.98 Å². The SMILES string of the molecule is CC(C)(C)C(Cl)=C(Oc1ccc(Cl)cc1Cl)n1ccnc1. The van der Waals surface area contributed by atoms with Crippen molar-refractivity contribution in [1.82, 2.24) is 9.55 Å². The van der Waals surface area contributed by atoms with Crippen LogP contribution in [0.5, 0.6) is 5.75 Å². The van der Waals surface area contributed by atoms with Gasteiger partial charge in [-0.1, -0.05) is 55.6 Å². The van der Waals surface area contributed by atoms with Crippen LogP contribution in [-0.2, 0) is 0 Å². The second-order valence-corrected chi connectivity index (χ2v) is 6.74. The number of nitrogens with zero attached hydrogens (tertiary/aromatic N) is 2. The molecule has 3 nitrogen and oxygen atoms in total. The van der Waals surface area contributed by atoms with E-state index in [9.17, 15) is 0 Å². The van der Waals surface area contributed by atoms with Gasteiger partial charge in [0.2, 0.25) is 5.88 Å². The molecule has 6 heteroatoms. The molecule has 1 heterocycles. The summed E-state index contributed by atoms with van der Waals surface area (Å²) < 4.78 is 7.62. The first kappa shape index (κ1) is 16.2. The summed E-state index contributed by atoms with van der Waals surface area (Å²) in [6.07, 6.45) is 5.03. The Labute approximate surface area is 139 Å². The predicted molar refractivity (Wildman–Crippen MR) is 87.8 cm³/mol. The average Bonchev–Trinajstić information content (AvgIpc) is 2.90. The summed E-state index contributed by atoms with van der Waals surface area (Å²) in [6.45, 7) is 6.00. The Morgan fingerprint density at radius 1 is 1.24 bits per heavy atom. The molecule has 0 radical (unpaired) electrons. The van der Waals surface area contributed by atoms with E-state index in [0.29, 0.717) is 26.7 Å². The van der Waals surface area contributed by atoms with Crippen molar-refractivity contribution in [2.75, 3.05) is 0 Å². The van der Waals surface area contributed by atoms with Crippen LogP contribution in [0.4, 0.5) is 0 Å². The van der Waals surface area contributed by atoms with Gasteiger partial charge in [0, 0.05) is 22.8 Å². The lowest BCUT2D eigenvalue weighted by molar-refractivity contribution is 0.448. The number of allylic oxidation sites excluding steroid dienone is 1. The molecule has 0 amide bonds. The first-order chi connectivity index (χ1) is 9.79. The number of hydrogen-bond acceptors (Lipinski definition) is 2. The van der Waals surface area contributed by atoms with E-state index in [0.717, 1.165) is 0 Å². The summed E-state index contributed by atoms with van der Waals surface area (Å²) >= 11 is 18.5. The fraction of sp³-hybridized carbons (Fsp3) is 0.267. The molecule has 0 spiro atoms. The molecule has 1 aromatic heterocycles. The molecule has 0 aliphatic carbocycles. The molecule has 0 fully saturated rings. The fourth-order valence-electron chi connectivity index (χ4n) is 1.57. The molecule has 0 saturated heterocycles. The largest absolute Gasteiger partial charge is 0.438 e. The lowest BCUT2D eigenvalue weighted by atomic mass is 9.96. The molecule has 0 N–H and O–H groups in total. The smallest absolute Gasteiger partial charge is 0.220 e. The van der Waals surface area contributed by atoms with Gasteiger partial charge in [-0.15, -0.1) is 0 Å². The number of aromatic nitrogens is 2. The summed E-state index contributed by atoms with van der Waals surface area (Å²) in [6, 6.07) is 5.03. The van der Waals surface area contributed by atoms with E-state index in [1.54, 1.807) is 41.5 Å². The summed E-state index contributed by atoms with van der Waals surface area (Å²) in [5, 5.41) is 1.52. The van der Waals surface area contributed by atoms with Crippen LogP contribution in [0.25, 0.3) is 5.88 Å². The molecule has 0 bridgehead atoms. The predicted octanol–water partition coefficient (Wildman–Crippen LogP) is 5.68. The summed E-state index contributed by atoms with van der Waals surface area (Å²) in [5.41, 5.74) is -0.278. The molecule has 2 rings (SSSR count). The standard InChI is InChI=1S/C15H15Cl3N2O/c1-15(2,3)13(18)14(20-7-6-19-9-20)21-12-5-4-10(16)8-11(12)17/h4-9H,1-3H3. The van der Waals surface area contributed by atoms with E-state index < -0.39 is 0 Å². The summed E-state index contributed by atoms with van der Waals surface area (Å²) in [7, 11) is 0. The first-order valence-electron chi connectivity index (χ1n) is 6.30. The number of hydrogen-bond donors (Lipinski definition) is 0. The van der Waals surface area contributed by atoms with Crippen LogP contribution < -0.4 is 4.74 Å². The number of benzene rings is 1. The molecular formula is C15H15Cl3N2O. The average molecular weight is 346 g/mol. The zero-order valence-corrected chi connectivity index (χ0v) is 14.2. The second kappa shape index (κ2) is 6.30. The second-order valence-electron chi connectivity index (χ2n) is 5.52. The minimum Gasteiger partial charge on any atom is -0.438 e. The third-order valence-corrected chi connectivity index (χ3v) is 3.94. The maximum absolute atomic E-state index is 6.48. The lowest BCUT2D eigenvalue weighted by Gasteiger charge is -2.22. The minimum absolute atomic E-state index is 0.278. The maximum Gasteiger partial charge on any atom is 0.220 e. The lowest BCUT2D eigenvalue weighted by Crippen LogP contribution is -2.13. The van der Waals surface area contributed by atoms with Gasteiger partial charge in [0.05, 0.1) is 10.1 Å². The van der Waals surface area contributed by atoms with Crippen molar-refractivity contribution in [3.63, 3.8) is 0 Å². The maximum atomic E-state index is 6.48. The van der Waals surface area contributed by atoms with Crippen molar-refractivity contribution >= 4 is 40.7 Å². The Kier molecular flexibility index (Phi) is 4.87. The number of ether oxygens (including phenoxy) is 1. The molecule has 21 heavy (non-hydrogen) atoms. The normalized spacial score (nSPS) is 13.0. The van der Waals surface area contributed by atoms with Gasteiger partial charge in [0.1, 0.15) is 12.1 Å². The van der Waals surface area contributed by atoms with Crippen LogP contribution in [0.15, 0.2) is 42.0 Å². The van der Waals surface area contributed by atoms with Gasteiger partial charge in [-0.25, -0.2) is 4.98 Å². The highest BCUT2D eigenvalue weighted by molar-refractivity contribution is 6.35. The number of imidazole rings is 1. The van der Waals surface area contributed by atoms with Crippen molar-refractivity contribution in [2.45, 2.75) is 20.8 Å². The quantitative estimate of drug-likeness (QED) is 0.669. The van der Waals surface area contributed by atoms with E-state index in [4.69, 9.17) is 39.5 Å². The van der Waals surface area contributed by atoms with Gasteiger partial charge < -0.3 is 4.74 Å². The third kappa shape index (κ3) is 3.94. The van der Waals surface area contributed by atoms with E-state index >= 15 is 0 Å². The third-order valence-electron chi connectivity index (χ3n) is 2.69. The van der Waals surface area contributed by atoms with Crippen LogP contribution in [0.1, 0.15) is 20.8 Å². The van der Waals surface area contributed by atoms with Gasteiger partial charge in [-0.3, -0.25) is 4.57 Å². The zero-order valence-electron chi connectivity index (χ0n) is 11.9. The highest BCUT2D eigenvalue weighted by Crippen LogP contribution is 2.36. The van der Waals surface area contributed by atoms with Gasteiger partial charge in [-0.2, -0.15) is 0 Å². The Morgan fingerprint density at radius 2 is 1.95 bits per heavy atom. The Bertz CT molecular complexity index is 658. The van der Waals surface area contributed by atoms with Crippen molar-refractivity contribution < 1.29 is 4.74 Å². The van der Waals surface area contributed by atoms with Crippen molar-refractivity contribution in [3.05, 3.63) is 52.0 Å². The van der Waals surface area contributed by atoms with Crippen molar-refractivity contribution in [1.29, 1.82) is 0 Å². The van der Waals surface area contributed by atoms with E-state index in [1.807, 2.05) is 20.8 Å². The van der Waals surface area contributed by atoms with Gasteiger partial charge >= 0.3 is 0 Å². The number of halogens is 3. The van der Waals surface area contributed by atoms with Crippen molar-refractivity contribution in [2.24, 2.45) is 5.41 Å². The molecular weight excluding hydrogens is 331 g/mol.